The second-order valence-electron chi connectivity index (χ2n) is 1.90. The molecule has 3 heteroatoms. The SMILES string of the molecule is Cc1ccc(Cl)c[n+]1N. The van der Waals surface area contributed by atoms with E-state index < -0.39 is 0 Å². The van der Waals surface area contributed by atoms with E-state index in [0.29, 0.717) is 5.02 Å². The molecule has 0 saturated carbocycles. The van der Waals surface area contributed by atoms with Crippen LogP contribution in [0.5, 0.6) is 0 Å². The van der Waals surface area contributed by atoms with E-state index in [2.05, 4.69) is 0 Å². The van der Waals surface area contributed by atoms with Crippen LogP contribution in [0.25, 0.3) is 0 Å². The number of nitrogens with zero attached hydrogens (tertiary/aromatic N) is 1. The fourth-order valence-corrected chi connectivity index (χ4v) is 0.732. The predicted octanol–water partition coefficient (Wildman–Crippen LogP) is 0.650. The van der Waals surface area contributed by atoms with Crippen LogP contribution < -0.4 is 10.5 Å². The molecule has 0 atom stereocenters. The monoisotopic (exact) mass is 143 g/mol. The highest BCUT2D eigenvalue weighted by Gasteiger charge is 1.99. The molecule has 0 aliphatic rings. The maximum atomic E-state index is 5.62. The van der Waals surface area contributed by atoms with E-state index in [1.54, 1.807) is 12.3 Å². The number of halogens is 1. The largest absolute Gasteiger partial charge is 0.217 e. The van der Waals surface area contributed by atoms with E-state index in [9.17, 15) is 0 Å². The van der Waals surface area contributed by atoms with Gasteiger partial charge in [0.25, 0.3) is 0 Å². The average Bonchev–Trinajstić information content (AvgIpc) is 1.80. The summed E-state index contributed by atoms with van der Waals surface area (Å²) < 4.78 is 1.49. The standard InChI is InChI=1S/C6H8ClN2/c1-5-2-3-6(7)4-9(5)8/h2-4H,8H2,1H3/q+1. The number of nitrogens with two attached hydrogens (primary N) is 1. The zero-order chi connectivity index (χ0) is 6.85. The molecule has 1 aromatic rings. The van der Waals surface area contributed by atoms with Crippen molar-refractivity contribution >= 4 is 11.6 Å². The van der Waals surface area contributed by atoms with Crippen molar-refractivity contribution in [3.05, 3.63) is 29.0 Å². The summed E-state index contributed by atoms with van der Waals surface area (Å²) in [5.74, 6) is 5.45. The zero-order valence-electron chi connectivity index (χ0n) is 5.13. The number of aromatic nitrogens is 1. The third-order valence-electron chi connectivity index (χ3n) is 1.15. The Morgan fingerprint density at radius 1 is 1.56 bits per heavy atom. The highest BCUT2D eigenvalue weighted by molar-refractivity contribution is 6.30. The Morgan fingerprint density at radius 2 is 2.22 bits per heavy atom. The van der Waals surface area contributed by atoms with Crippen molar-refractivity contribution in [2.24, 2.45) is 0 Å². The Bertz CT molecular complexity index is 222. The van der Waals surface area contributed by atoms with Crippen LogP contribution in [0.2, 0.25) is 5.02 Å². The highest BCUT2D eigenvalue weighted by Crippen LogP contribution is 2.02. The van der Waals surface area contributed by atoms with E-state index in [1.807, 2.05) is 13.0 Å². The van der Waals surface area contributed by atoms with Crippen molar-refractivity contribution < 1.29 is 4.68 Å². The van der Waals surface area contributed by atoms with Crippen LogP contribution in [0, 0.1) is 6.92 Å². The molecule has 1 aromatic heterocycles. The number of nitrogen functional groups attached to an aromatic ring is 1. The fraction of sp³-hybridized carbons (Fsp3) is 0.167. The summed E-state index contributed by atoms with van der Waals surface area (Å²) in [5.41, 5.74) is 0.986. The van der Waals surface area contributed by atoms with Gasteiger partial charge >= 0.3 is 0 Å². The van der Waals surface area contributed by atoms with Gasteiger partial charge in [-0.05, 0) is 6.07 Å². The Morgan fingerprint density at radius 3 is 2.67 bits per heavy atom. The summed E-state index contributed by atoms with van der Waals surface area (Å²) in [7, 11) is 0. The minimum atomic E-state index is 0.656. The van der Waals surface area contributed by atoms with E-state index in [-0.39, 0.29) is 0 Å². The molecule has 1 heterocycles. The zero-order valence-corrected chi connectivity index (χ0v) is 5.89. The van der Waals surface area contributed by atoms with Crippen LogP contribution in [0.3, 0.4) is 0 Å². The Hall–Kier alpha value is -0.760. The molecule has 0 spiro atoms. The normalized spacial score (nSPS) is 9.56. The highest BCUT2D eigenvalue weighted by atomic mass is 35.5. The summed E-state index contributed by atoms with van der Waals surface area (Å²) in [5, 5.41) is 0.656. The van der Waals surface area contributed by atoms with E-state index in [0.717, 1.165) is 5.69 Å². The summed E-state index contributed by atoms with van der Waals surface area (Å²) in [6.07, 6.45) is 1.66. The van der Waals surface area contributed by atoms with Gasteiger partial charge in [0.05, 0.1) is 0 Å². The van der Waals surface area contributed by atoms with Gasteiger partial charge in [-0.15, -0.1) is 0 Å². The minimum Gasteiger partial charge on any atom is -0.205 e. The molecule has 0 unspecified atom stereocenters. The quantitative estimate of drug-likeness (QED) is 0.420. The van der Waals surface area contributed by atoms with Gasteiger partial charge in [0, 0.05) is 13.0 Å². The molecule has 9 heavy (non-hydrogen) atoms. The first-order chi connectivity index (χ1) is 4.20. The van der Waals surface area contributed by atoms with Crippen LogP contribution in [0.15, 0.2) is 18.3 Å². The molecular formula is C6H8ClN2+. The van der Waals surface area contributed by atoms with Gasteiger partial charge in [-0.25, -0.2) is 5.84 Å². The Kier molecular flexibility index (Phi) is 1.58. The first kappa shape index (κ1) is 6.36. The van der Waals surface area contributed by atoms with Gasteiger partial charge in [-0.2, -0.15) is 0 Å². The number of hydrogen-bond acceptors (Lipinski definition) is 1. The third-order valence-corrected chi connectivity index (χ3v) is 1.38. The summed E-state index contributed by atoms with van der Waals surface area (Å²) >= 11 is 5.62. The van der Waals surface area contributed by atoms with Gasteiger partial charge < -0.3 is 0 Å². The van der Waals surface area contributed by atoms with E-state index in [4.69, 9.17) is 17.4 Å². The molecule has 1 rings (SSSR count). The van der Waals surface area contributed by atoms with Crippen LogP contribution >= 0.6 is 11.6 Å². The maximum absolute atomic E-state index is 5.62. The molecular weight excluding hydrogens is 136 g/mol. The summed E-state index contributed by atoms with van der Waals surface area (Å²) in [6.45, 7) is 1.91. The second-order valence-corrected chi connectivity index (χ2v) is 2.33. The third kappa shape index (κ3) is 1.33. The average molecular weight is 144 g/mol. The minimum absolute atomic E-state index is 0.656. The molecule has 0 bridgehead atoms. The molecule has 0 aliphatic heterocycles. The number of pyridine rings is 1. The van der Waals surface area contributed by atoms with Gasteiger partial charge in [0.1, 0.15) is 5.02 Å². The Labute approximate surface area is 58.8 Å². The first-order valence-corrected chi connectivity index (χ1v) is 3.01. The lowest BCUT2D eigenvalue weighted by atomic mass is 10.4. The van der Waals surface area contributed by atoms with Crippen LogP contribution in [-0.4, -0.2) is 0 Å². The van der Waals surface area contributed by atoms with Gasteiger partial charge in [0.15, 0.2) is 0 Å². The lowest BCUT2D eigenvalue weighted by Crippen LogP contribution is -2.46. The summed E-state index contributed by atoms with van der Waals surface area (Å²) in [6, 6.07) is 3.67. The number of rotatable bonds is 0. The fourth-order valence-electron chi connectivity index (χ4n) is 0.564. The molecule has 48 valence electrons. The van der Waals surface area contributed by atoms with Crippen molar-refractivity contribution in [3.8, 4) is 0 Å². The molecule has 2 nitrogen and oxygen atoms in total. The van der Waals surface area contributed by atoms with Crippen LogP contribution in [-0.2, 0) is 0 Å². The van der Waals surface area contributed by atoms with Gasteiger partial charge in [-0.3, -0.25) is 0 Å². The van der Waals surface area contributed by atoms with E-state index in [1.165, 1.54) is 4.68 Å². The van der Waals surface area contributed by atoms with Gasteiger partial charge in [-0.1, -0.05) is 16.3 Å². The smallest absolute Gasteiger partial charge is 0.205 e. The van der Waals surface area contributed by atoms with Crippen molar-refractivity contribution in [1.29, 1.82) is 0 Å². The molecule has 0 fully saturated rings. The Balaban J connectivity index is 3.17. The molecule has 0 aromatic carbocycles. The lowest BCUT2D eigenvalue weighted by Gasteiger charge is -1.89. The number of aryl methyl sites for hydroxylation is 1. The maximum Gasteiger partial charge on any atom is 0.217 e. The topological polar surface area (TPSA) is 29.9 Å². The molecule has 0 amide bonds. The first-order valence-electron chi connectivity index (χ1n) is 2.63. The van der Waals surface area contributed by atoms with Crippen molar-refractivity contribution in [2.75, 3.05) is 5.84 Å². The van der Waals surface area contributed by atoms with Crippen LogP contribution in [0.4, 0.5) is 0 Å². The van der Waals surface area contributed by atoms with E-state index >= 15 is 0 Å². The van der Waals surface area contributed by atoms with Crippen molar-refractivity contribution in [1.82, 2.24) is 0 Å². The second kappa shape index (κ2) is 2.23. The van der Waals surface area contributed by atoms with Crippen molar-refractivity contribution in [3.63, 3.8) is 0 Å². The van der Waals surface area contributed by atoms with Crippen LogP contribution in [0.1, 0.15) is 5.69 Å². The molecule has 2 N–H and O–H groups in total. The van der Waals surface area contributed by atoms with Gasteiger partial charge in [0.2, 0.25) is 11.9 Å². The number of hydrogen-bond donors (Lipinski definition) is 1. The molecule has 0 aliphatic carbocycles. The lowest BCUT2D eigenvalue weighted by molar-refractivity contribution is -0.645. The molecule has 0 radical (unpaired) electrons. The van der Waals surface area contributed by atoms with Crippen molar-refractivity contribution in [2.45, 2.75) is 6.92 Å². The predicted molar refractivity (Wildman–Crippen MR) is 36.5 cm³/mol. The molecule has 0 saturated heterocycles. The summed E-state index contributed by atoms with van der Waals surface area (Å²) in [4.78, 5) is 0.